The molecule has 1 unspecified atom stereocenters. The molecule has 1 atom stereocenters. The first-order chi connectivity index (χ1) is 16.0. The van der Waals surface area contributed by atoms with Crippen molar-refractivity contribution in [3.63, 3.8) is 0 Å². The smallest absolute Gasteiger partial charge is 0.295 e. The lowest BCUT2D eigenvalue weighted by atomic mass is 9.85. The zero-order valence-corrected chi connectivity index (χ0v) is 21.3. The van der Waals surface area contributed by atoms with Gasteiger partial charge < -0.3 is 19.5 Å². The number of ketones is 1. The van der Waals surface area contributed by atoms with Gasteiger partial charge in [-0.2, -0.15) is 0 Å². The number of Topliss-reactive ketones (excluding diaryl/α,β-unsaturated/α-hetero) is 1. The van der Waals surface area contributed by atoms with Gasteiger partial charge in [-0.3, -0.25) is 9.59 Å². The molecule has 1 saturated heterocycles. The van der Waals surface area contributed by atoms with Crippen LogP contribution in [0.15, 0.2) is 42.0 Å². The molecule has 1 aliphatic heterocycles. The van der Waals surface area contributed by atoms with Crippen molar-refractivity contribution in [2.24, 2.45) is 0 Å². The van der Waals surface area contributed by atoms with E-state index in [0.29, 0.717) is 17.3 Å². The number of methoxy groups -OCH3 is 2. The average Bonchev–Trinajstić information content (AvgIpc) is 3.06. The summed E-state index contributed by atoms with van der Waals surface area (Å²) in [6.07, 6.45) is 1.60. The van der Waals surface area contributed by atoms with E-state index in [-0.39, 0.29) is 28.1 Å². The van der Waals surface area contributed by atoms with Crippen molar-refractivity contribution < 1.29 is 24.2 Å². The van der Waals surface area contributed by atoms with Crippen LogP contribution in [0.1, 0.15) is 63.3 Å². The van der Waals surface area contributed by atoms with Gasteiger partial charge in [-0.15, -0.1) is 0 Å². The molecule has 34 heavy (non-hydrogen) atoms. The fourth-order valence-electron chi connectivity index (χ4n) is 4.14. The van der Waals surface area contributed by atoms with E-state index in [0.717, 1.165) is 24.0 Å². The molecule has 2 aromatic carbocycles. The topological polar surface area (TPSA) is 76.1 Å². The SMILES string of the molecule is CCCCN1C(=O)C(=O)/C(=C(/O)c2cc(OC)c(Cl)cc2OC)C1c1ccc(C(C)(C)C)cc1. The molecule has 0 aromatic heterocycles. The van der Waals surface area contributed by atoms with Crippen LogP contribution >= 0.6 is 11.6 Å². The maximum atomic E-state index is 13.2. The van der Waals surface area contributed by atoms with Crippen LogP contribution in [0.25, 0.3) is 5.76 Å². The summed E-state index contributed by atoms with van der Waals surface area (Å²) in [5, 5.41) is 11.7. The van der Waals surface area contributed by atoms with E-state index in [2.05, 4.69) is 20.8 Å². The van der Waals surface area contributed by atoms with Gasteiger partial charge in [0.25, 0.3) is 11.7 Å². The van der Waals surface area contributed by atoms with E-state index in [1.807, 2.05) is 31.2 Å². The van der Waals surface area contributed by atoms with Crippen LogP contribution in [-0.2, 0) is 15.0 Å². The Kier molecular flexibility index (Phi) is 7.61. The molecular formula is C27H32ClNO5. The number of aliphatic hydroxyl groups is 1. The van der Waals surface area contributed by atoms with Gasteiger partial charge in [0.1, 0.15) is 17.3 Å². The molecule has 0 bridgehead atoms. The first-order valence-electron chi connectivity index (χ1n) is 11.4. The van der Waals surface area contributed by atoms with Crippen LogP contribution in [0, 0.1) is 0 Å². The molecule has 1 aliphatic rings. The molecule has 6 nitrogen and oxygen atoms in total. The predicted molar refractivity (Wildman–Crippen MR) is 134 cm³/mol. The average molecular weight is 486 g/mol. The van der Waals surface area contributed by atoms with Crippen LogP contribution in [0.5, 0.6) is 11.5 Å². The fourth-order valence-corrected chi connectivity index (χ4v) is 4.37. The molecule has 1 amide bonds. The molecule has 3 rings (SSSR count). The number of halogens is 1. The first kappa shape index (κ1) is 25.6. The summed E-state index contributed by atoms with van der Waals surface area (Å²) in [7, 11) is 2.90. The number of hydrogen-bond acceptors (Lipinski definition) is 5. The summed E-state index contributed by atoms with van der Waals surface area (Å²) < 4.78 is 10.7. The van der Waals surface area contributed by atoms with Gasteiger partial charge in [-0.25, -0.2) is 0 Å². The zero-order valence-electron chi connectivity index (χ0n) is 20.6. The number of ether oxygens (including phenoxy) is 2. The highest BCUT2D eigenvalue weighted by molar-refractivity contribution is 6.46. The molecule has 7 heteroatoms. The highest BCUT2D eigenvalue weighted by atomic mass is 35.5. The lowest BCUT2D eigenvalue weighted by Crippen LogP contribution is -2.30. The summed E-state index contributed by atoms with van der Waals surface area (Å²) in [5.74, 6) is -1.09. The molecule has 0 aliphatic carbocycles. The number of nitrogens with zero attached hydrogens (tertiary/aromatic N) is 1. The number of hydrogen-bond donors (Lipinski definition) is 1. The Labute approximate surface area is 206 Å². The predicted octanol–water partition coefficient (Wildman–Crippen LogP) is 5.88. The van der Waals surface area contributed by atoms with Gasteiger partial charge in [0.05, 0.1) is 36.4 Å². The Balaban J connectivity index is 2.23. The van der Waals surface area contributed by atoms with E-state index in [4.69, 9.17) is 21.1 Å². The standard InChI is InChI=1S/C27H32ClNO5/c1-7-8-13-29-23(16-9-11-17(12-10-16)27(2,3)4)22(25(31)26(29)32)24(30)18-14-21(34-6)19(28)15-20(18)33-5/h9-12,14-15,23,30H,7-8,13H2,1-6H3/b24-22+. The zero-order chi connectivity index (χ0) is 25.2. The number of carbonyl (C=O) groups excluding carboxylic acids is 2. The van der Waals surface area contributed by atoms with Gasteiger partial charge in [0.15, 0.2) is 0 Å². The van der Waals surface area contributed by atoms with Crippen molar-refractivity contribution >= 4 is 29.1 Å². The number of rotatable bonds is 7. The van der Waals surface area contributed by atoms with Crippen LogP contribution in [0.4, 0.5) is 0 Å². The minimum atomic E-state index is -0.727. The van der Waals surface area contributed by atoms with Crippen molar-refractivity contribution in [2.45, 2.75) is 52.0 Å². The number of carbonyl (C=O) groups is 2. The highest BCUT2D eigenvalue weighted by Gasteiger charge is 2.46. The quantitative estimate of drug-likeness (QED) is 0.301. The highest BCUT2D eigenvalue weighted by Crippen LogP contribution is 2.43. The van der Waals surface area contributed by atoms with Gasteiger partial charge >= 0.3 is 0 Å². The second-order valence-corrected chi connectivity index (χ2v) is 9.81. The fraction of sp³-hybridized carbons (Fsp3) is 0.407. The monoisotopic (exact) mass is 485 g/mol. The summed E-state index contributed by atoms with van der Waals surface area (Å²) in [4.78, 5) is 27.8. The first-order valence-corrected chi connectivity index (χ1v) is 11.7. The number of aliphatic hydroxyl groups excluding tert-OH is 1. The third kappa shape index (κ3) is 4.78. The molecule has 1 N–H and O–H groups in total. The van der Waals surface area contributed by atoms with Crippen molar-refractivity contribution in [3.05, 3.63) is 63.7 Å². The van der Waals surface area contributed by atoms with Crippen molar-refractivity contribution in [1.82, 2.24) is 4.90 Å². The van der Waals surface area contributed by atoms with Crippen LogP contribution in [0.3, 0.4) is 0 Å². The second-order valence-electron chi connectivity index (χ2n) is 9.41. The lowest BCUT2D eigenvalue weighted by molar-refractivity contribution is -0.139. The molecule has 0 saturated carbocycles. The summed E-state index contributed by atoms with van der Waals surface area (Å²) in [6, 6.07) is 10.1. The van der Waals surface area contributed by atoms with Gasteiger partial charge in [0, 0.05) is 12.6 Å². The summed E-state index contributed by atoms with van der Waals surface area (Å²) >= 11 is 6.22. The molecule has 2 aromatic rings. The molecule has 0 spiro atoms. The van der Waals surface area contributed by atoms with Crippen LogP contribution in [0.2, 0.25) is 5.02 Å². The van der Waals surface area contributed by atoms with Crippen LogP contribution < -0.4 is 9.47 Å². The Hall–Kier alpha value is -2.99. The molecule has 1 heterocycles. The Bertz CT molecular complexity index is 1120. The third-order valence-corrected chi connectivity index (χ3v) is 6.41. The van der Waals surface area contributed by atoms with E-state index in [1.54, 1.807) is 4.90 Å². The largest absolute Gasteiger partial charge is 0.507 e. The summed E-state index contributed by atoms with van der Waals surface area (Å²) in [5.41, 5.74) is 2.09. The normalized spacial score (nSPS) is 17.9. The molecular weight excluding hydrogens is 454 g/mol. The van der Waals surface area contributed by atoms with Crippen molar-refractivity contribution in [1.29, 1.82) is 0 Å². The van der Waals surface area contributed by atoms with E-state index in [9.17, 15) is 14.7 Å². The minimum Gasteiger partial charge on any atom is -0.507 e. The lowest BCUT2D eigenvalue weighted by Gasteiger charge is -2.26. The van der Waals surface area contributed by atoms with Gasteiger partial charge in [-0.05, 0) is 29.0 Å². The van der Waals surface area contributed by atoms with Gasteiger partial charge in [0.2, 0.25) is 0 Å². The van der Waals surface area contributed by atoms with Crippen molar-refractivity contribution in [3.8, 4) is 11.5 Å². The Morgan fingerprint density at radius 1 is 1.06 bits per heavy atom. The molecule has 1 fully saturated rings. The van der Waals surface area contributed by atoms with E-state index in [1.165, 1.54) is 26.4 Å². The summed E-state index contributed by atoms with van der Waals surface area (Å²) in [6.45, 7) is 8.79. The van der Waals surface area contributed by atoms with Gasteiger partial charge in [-0.1, -0.05) is 70.0 Å². The second kappa shape index (κ2) is 10.1. The number of benzene rings is 2. The number of unbranched alkanes of at least 4 members (excludes halogenated alkanes) is 1. The molecule has 182 valence electrons. The Morgan fingerprint density at radius 2 is 1.68 bits per heavy atom. The minimum absolute atomic E-state index is 0.0206. The maximum absolute atomic E-state index is 13.2. The third-order valence-electron chi connectivity index (χ3n) is 6.11. The molecule has 0 radical (unpaired) electrons. The number of amides is 1. The van der Waals surface area contributed by atoms with Crippen LogP contribution in [-0.4, -0.2) is 42.5 Å². The Morgan fingerprint density at radius 3 is 2.21 bits per heavy atom. The van der Waals surface area contributed by atoms with E-state index >= 15 is 0 Å². The number of likely N-dealkylation sites (tertiary alicyclic amines) is 1. The van der Waals surface area contributed by atoms with Crippen molar-refractivity contribution in [2.75, 3.05) is 20.8 Å². The maximum Gasteiger partial charge on any atom is 0.295 e. The van der Waals surface area contributed by atoms with E-state index < -0.39 is 17.7 Å².